The van der Waals surface area contributed by atoms with E-state index in [-0.39, 0.29) is 56.1 Å². The van der Waals surface area contributed by atoms with Crippen LogP contribution in [-0.4, -0.2) is 94.2 Å². The monoisotopic (exact) mass is 1290 g/mol. The summed E-state index contributed by atoms with van der Waals surface area (Å²) in [5, 5.41) is 0.227. The zero-order valence-electron chi connectivity index (χ0n) is 55.0. The van der Waals surface area contributed by atoms with Gasteiger partial charge in [-0.25, -0.2) is 29.1 Å². The Labute approximate surface area is 549 Å². The van der Waals surface area contributed by atoms with Gasteiger partial charge < -0.3 is 51.5 Å². The lowest BCUT2D eigenvalue weighted by Crippen LogP contribution is -2.43. The van der Waals surface area contributed by atoms with Crippen LogP contribution in [0.3, 0.4) is 0 Å². The Kier molecular flexibility index (Phi) is 21.3. The van der Waals surface area contributed by atoms with Crippen molar-refractivity contribution in [1.82, 2.24) is 19.9 Å². The van der Waals surface area contributed by atoms with E-state index < -0.39 is 37.9 Å². The molecule has 0 aliphatic rings. The maximum atomic E-state index is 14.8. The minimum atomic E-state index is -2.38. The summed E-state index contributed by atoms with van der Waals surface area (Å²) < 4.78 is 85.0. The number of furan rings is 1. The molecule has 10 aromatic rings. The highest BCUT2D eigenvalue weighted by Crippen LogP contribution is 2.48. The topological polar surface area (TPSA) is 174 Å². The molecular formula is C76H79FN4O12Si. The second kappa shape index (κ2) is 29.8. The lowest BCUT2D eigenvalue weighted by atomic mass is 9.80. The van der Waals surface area contributed by atoms with E-state index in [1.165, 1.54) is 18.5 Å². The summed E-state index contributed by atoms with van der Waals surface area (Å²) >= 11 is 0. The van der Waals surface area contributed by atoms with Crippen molar-refractivity contribution in [3.63, 3.8) is 0 Å². The first kappa shape index (κ1) is 67.0. The summed E-state index contributed by atoms with van der Waals surface area (Å²) in [6.07, 6.45) is 2.64. The highest BCUT2D eigenvalue weighted by molar-refractivity contribution is 6.74. The van der Waals surface area contributed by atoms with E-state index in [0.29, 0.717) is 73.9 Å². The summed E-state index contributed by atoms with van der Waals surface area (Å²) in [5.41, 5.74) is 6.84. The van der Waals surface area contributed by atoms with Gasteiger partial charge in [0.2, 0.25) is 26.0 Å². The highest BCUT2D eigenvalue weighted by Gasteiger charge is 2.41. The summed E-state index contributed by atoms with van der Waals surface area (Å²) in [6, 6.07) is 50.5. The molecule has 2 atom stereocenters. The Balaban J connectivity index is 1.03. The fourth-order valence-corrected chi connectivity index (χ4v) is 12.0. The van der Waals surface area contributed by atoms with E-state index in [4.69, 9.17) is 61.4 Å². The number of fused-ring (bicyclic) bond motifs is 1. The number of esters is 1. The Hall–Kier alpha value is -9.88. The molecular weight excluding hydrogens is 1210 g/mol. The predicted octanol–water partition coefficient (Wildman–Crippen LogP) is 16.3. The Morgan fingerprint density at radius 1 is 0.691 bits per heavy atom. The van der Waals surface area contributed by atoms with Gasteiger partial charge in [0.25, 0.3) is 0 Å². The third-order valence-electron chi connectivity index (χ3n) is 16.7. The molecule has 0 fully saturated rings. The molecule has 0 amide bonds. The molecule has 0 N–H and O–H groups in total. The lowest BCUT2D eigenvalue weighted by molar-refractivity contribution is -0.151. The van der Waals surface area contributed by atoms with Gasteiger partial charge in [0.1, 0.15) is 76.1 Å². The summed E-state index contributed by atoms with van der Waals surface area (Å²) in [4.78, 5) is 33.3. The standard InChI is InChI=1S/C76H79FN4O12Si/c1-13-40-86-46-62(47-89-76(53-20-16-15-17-21-53,54-26-32-58(83-8)33-27-54)55-28-34-59(84-9)35-29-55)90-61-41-49(3)67(50(4)42-61)68-69-72(79-48-80-73(69)92-70(68)51-24-30-56(77)31-25-51)91-66(74(82)87-14-2)44-52-43-60(93-94(11,12)75(5,6)7)36-37-64(52)88-45-57-38-39-78-71(81-57)63-22-18-19-23-65(63)85-10/h13,15-39,41-43,48,62,66H,1,14,40,44-47H2,2-12H3/t62-,66-/m1/s1. The molecule has 0 saturated carbocycles. The molecule has 0 aliphatic heterocycles. The maximum absolute atomic E-state index is 14.8. The largest absolute Gasteiger partial charge is 0.543 e. The summed E-state index contributed by atoms with van der Waals surface area (Å²) in [6.45, 7) is 21.0. The molecule has 7 aromatic carbocycles. The molecule has 0 bridgehead atoms. The first-order chi connectivity index (χ1) is 45.4. The van der Waals surface area contributed by atoms with Crippen molar-refractivity contribution in [2.24, 2.45) is 0 Å². The van der Waals surface area contributed by atoms with Crippen molar-refractivity contribution in [2.45, 2.75) is 90.5 Å². The second-order valence-corrected chi connectivity index (χ2v) is 28.8. The zero-order chi connectivity index (χ0) is 66.6. The van der Waals surface area contributed by atoms with Crippen molar-refractivity contribution in [3.8, 4) is 74.2 Å². The van der Waals surface area contributed by atoms with Crippen LogP contribution >= 0.6 is 0 Å². The molecule has 3 heterocycles. The molecule has 3 aromatic heterocycles. The van der Waals surface area contributed by atoms with E-state index >= 15 is 0 Å². The fraction of sp³-hybridized carbons (Fsp3) is 0.276. The van der Waals surface area contributed by atoms with Crippen LogP contribution in [0.25, 0.3) is 44.9 Å². The molecule has 486 valence electrons. The number of hydrogen-bond acceptors (Lipinski definition) is 16. The van der Waals surface area contributed by atoms with Crippen molar-refractivity contribution in [1.29, 1.82) is 0 Å². The predicted molar refractivity (Wildman–Crippen MR) is 363 cm³/mol. The second-order valence-electron chi connectivity index (χ2n) is 24.0. The van der Waals surface area contributed by atoms with Gasteiger partial charge in [-0.3, -0.25) is 0 Å². The van der Waals surface area contributed by atoms with Crippen molar-refractivity contribution in [3.05, 3.63) is 234 Å². The van der Waals surface area contributed by atoms with E-state index in [9.17, 15) is 9.18 Å². The number of carbonyl (C=O) groups excluding carboxylic acids is 1. The molecule has 18 heteroatoms. The maximum Gasteiger partial charge on any atom is 0.347 e. The van der Waals surface area contributed by atoms with Gasteiger partial charge in [-0.1, -0.05) is 93.6 Å². The van der Waals surface area contributed by atoms with Gasteiger partial charge >= 0.3 is 5.97 Å². The van der Waals surface area contributed by atoms with Crippen molar-refractivity contribution < 1.29 is 60.7 Å². The van der Waals surface area contributed by atoms with Gasteiger partial charge in [0.15, 0.2) is 5.82 Å². The third kappa shape index (κ3) is 15.1. The minimum absolute atomic E-state index is 0.0301. The number of benzene rings is 7. The van der Waals surface area contributed by atoms with Crippen LogP contribution in [0.5, 0.6) is 40.4 Å². The van der Waals surface area contributed by atoms with E-state index in [2.05, 4.69) is 50.4 Å². The van der Waals surface area contributed by atoms with Gasteiger partial charge in [-0.2, -0.15) is 0 Å². The number of rotatable bonds is 29. The van der Waals surface area contributed by atoms with Gasteiger partial charge in [-0.05, 0) is 169 Å². The molecule has 16 nitrogen and oxygen atoms in total. The van der Waals surface area contributed by atoms with Crippen LogP contribution in [0, 0.1) is 19.7 Å². The van der Waals surface area contributed by atoms with E-state index in [0.717, 1.165) is 38.9 Å². The van der Waals surface area contributed by atoms with Crippen molar-refractivity contribution in [2.75, 3.05) is 47.8 Å². The average Bonchev–Trinajstić information content (AvgIpc) is 1.45. The van der Waals surface area contributed by atoms with Gasteiger partial charge in [-0.15, -0.1) is 6.58 Å². The number of hydrogen-bond donors (Lipinski definition) is 0. The first-order valence-corrected chi connectivity index (χ1v) is 34.0. The van der Waals surface area contributed by atoms with Crippen LogP contribution < -0.4 is 32.8 Å². The third-order valence-corrected chi connectivity index (χ3v) is 21.0. The van der Waals surface area contributed by atoms with Crippen LogP contribution in [0.4, 0.5) is 4.39 Å². The van der Waals surface area contributed by atoms with E-state index in [1.54, 1.807) is 58.7 Å². The SMILES string of the molecule is C=CCOC[C@H](COC(c1ccccc1)(c1ccc(OC)cc1)c1ccc(OC)cc1)Oc1cc(C)c(-c2c(-c3ccc(F)cc3)oc3ncnc(O[C@H](Cc4cc(O[Si](C)(C)C(C)(C)C)ccc4OCc4ccnc(-c5ccccc5OC)n4)C(=O)OCC)c23)c(C)c1. The molecule has 0 aliphatic carbocycles. The quantitative estimate of drug-likeness (QED) is 0.0142. The Morgan fingerprint density at radius 3 is 1.98 bits per heavy atom. The minimum Gasteiger partial charge on any atom is -0.543 e. The normalized spacial score (nSPS) is 12.4. The van der Waals surface area contributed by atoms with Gasteiger partial charge in [0, 0.05) is 29.3 Å². The van der Waals surface area contributed by atoms with Crippen LogP contribution in [0.15, 0.2) is 193 Å². The van der Waals surface area contributed by atoms with Crippen LogP contribution in [-0.2, 0) is 37.6 Å². The van der Waals surface area contributed by atoms with Crippen molar-refractivity contribution >= 4 is 25.4 Å². The molecule has 0 spiro atoms. The number of methoxy groups -OCH3 is 3. The first-order valence-electron chi connectivity index (χ1n) is 31.1. The molecule has 10 rings (SSSR count). The smallest absolute Gasteiger partial charge is 0.347 e. The number of para-hydroxylation sites is 1. The number of carbonyl (C=O) groups is 1. The summed E-state index contributed by atoms with van der Waals surface area (Å²) in [7, 11) is 2.49. The average molecular weight is 1290 g/mol. The number of aryl methyl sites for hydroxylation is 2. The fourth-order valence-electron chi connectivity index (χ4n) is 11.0. The van der Waals surface area contributed by atoms with E-state index in [1.807, 2.05) is 147 Å². The number of aromatic nitrogens is 4. The molecule has 0 radical (unpaired) electrons. The highest BCUT2D eigenvalue weighted by atomic mass is 28.4. The van der Waals surface area contributed by atoms with Gasteiger partial charge in [0.05, 0.1) is 59.0 Å². The molecule has 0 unspecified atom stereocenters. The zero-order valence-corrected chi connectivity index (χ0v) is 56.0. The van der Waals surface area contributed by atoms with Crippen LogP contribution in [0.1, 0.15) is 66.8 Å². The summed E-state index contributed by atoms with van der Waals surface area (Å²) in [5.74, 6) is 3.37. The number of ether oxygens (including phenoxy) is 9. The van der Waals surface area contributed by atoms with Crippen LogP contribution in [0.2, 0.25) is 18.1 Å². The number of halogens is 1. The Bertz CT molecular complexity index is 4150. The number of nitrogens with zero attached hydrogens (tertiary/aromatic N) is 4. The Morgan fingerprint density at radius 2 is 1.34 bits per heavy atom. The lowest BCUT2D eigenvalue weighted by Gasteiger charge is -2.37. The molecule has 94 heavy (non-hydrogen) atoms. The molecule has 0 saturated heterocycles.